The van der Waals surface area contributed by atoms with Crippen molar-refractivity contribution in [2.24, 2.45) is 0 Å². The first kappa shape index (κ1) is 15.6. The SMILES string of the molecule is O=C(c1ccccc1[N+](=O)[O-])c1cc2c3c(c1O)CCCN3CCC2. The van der Waals surface area contributed by atoms with Crippen LogP contribution in [-0.4, -0.2) is 28.9 Å². The third-order valence-corrected chi connectivity index (χ3v) is 5.08. The zero-order valence-electron chi connectivity index (χ0n) is 13.7. The topological polar surface area (TPSA) is 83.7 Å². The lowest BCUT2D eigenvalue weighted by molar-refractivity contribution is -0.385. The van der Waals surface area contributed by atoms with Gasteiger partial charge in [-0.05, 0) is 43.4 Å². The molecule has 0 radical (unpaired) electrons. The quantitative estimate of drug-likeness (QED) is 0.528. The highest BCUT2D eigenvalue weighted by Crippen LogP contribution is 2.42. The Morgan fingerprint density at radius 1 is 1.12 bits per heavy atom. The lowest BCUT2D eigenvalue weighted by atomic mass is 9.87. The Hall–Kier alpha value is -2.89. The lowest BCUT2D eigenvalue weighted by Crippen LogP contribution is -2.34. The van der Waals surface area contributed by atoms with E-state index < -0.39 is 10.7 Å². The van der Waals surface area contributed by atoms with Crippen LogP contribution in [0.2, 0.25) is 0 Å². The minimum absolute atomic E-state index is 0.0124. The molecule has 1 N–H and O–H groups in total. The van der Waals surface area contributed by atoms with Gasteiger partial charge in [0.25, 0.3) is 5.69 Å². The lowest BCUT2D eigenvalue weighted by Gasteiger charge is -2.37. The number of hydrogen-bond donors (Lipinski definition) is 1. The van der Waals surface area contributed by atoms with Gasteiger partial charge in [-0.15, -0.1) is 0 Å². The molecule has 0 saturated carbocycles. The third-order valence-electron chi connectivity index (χ3n) is 5.08. The summed E-state index contributed by atoms with van der Waals surface area (Å²) in [5.74, 6) is -0.514. The maximum absolute atomic E-state index is 13.0. The average Bonchev–Trinajstić information content (AvgIpc) is 2.64. The highest BCUT2D eigenvalue weighted by Gasteiger charge is 2.31. The number of nitro benzene ring substituents is 1. The van der Waals surface area contributed by atoms with E-state index in [0.29, 0.717) is 0 Å². The van der Waals surface area contributed by atoms with Crippen LogP contribution in [0.3, 0.4) is 0 Å². The van der Waals surface area contributed by atoms with Gasteiger partial charge in [0.1, 0.15) is 11.3 Å². The fraction of sp³-hybridized carbons (Fsp3) is 0.316. The molecule has 2 aromatic rings. The van der Waals surface area contributed by atoms with Crippen LogP contribution in [0.4, 0.5) is 11.4 Å². The molecule has 0 spiro atoms. The molecule has 2 heterocycles. The minimum atomic E-state index is -0.561. The summed E-state index contributed by atoms with van der Waals surface area (Å²) in [4.78, 5) is 25.9. The van der Waals surface area contributed by atoms with Crippen molar-refractivity contribution >= 4 is 17.2 Å². The molecule has 4 rings (SSSR count). The number of ketones is 1. The Morgan fingerprint density at radius 2 is 1.84 bits per heavy atom. The number of aromatic hydroxyl groups is 1. The Balaban J connectivity index is 1.87. The second-order valence-corrected chi connectivity index (χ2v) is 6.56. The van der Waals surface area contributed by atoms with Gasteiger partial charge in [-0.2, -0.15) is 0 Å². The molecule has 0 atom stereocenters. The summed E-state index contributed by atoms with van der Waals surface area (Å²) in [7, 11) is 0. The van der Waals surface area contributed by atoms with E-state index in [1.54, 1.807) is 12.1 Å². The maximum atomic E-state index is 13.0. The number of rotatable bonds is 3. The second kappa shape index (κ2) is 5.88. The number of aryl methyl sites for hydroxylation is 1. The van der Waals surface area contributed by atoms with Gasteiger partial charge in [-0.1, -0.05) is 12.1 Å². The van der Waals surface area contributed by atoms with Gasteiger partial charge >= 0.3 is 0 Å². The average molecular weight is 338 g/mol. The van der Waals surface area contributed by atoms with E-state index in [0.717, 1.165) is 55.6 Å². The van der Waals surface area contributed by atoms with Gasteiger partial charge in [0.15, 0.2) is 0 Å². The van der Waals surface area contributed by atoms with Gasteiger partial charge in [-0.3, -0.25) is 14.9 Å². The Morgan fingerprint density at radius 3 is 2.60 bits per heavy atom. The largest absolute Gasteiger partial charge is 0.507 e. The number of benzene rings is 2. The number of nitro groups is 1. The first-order chi connectivity index (χ1) is 12.1. The van der Waals surface area contributed by atoms with Gasteiger partial charge in [-0.25, -0.2) is 0 Å². The summed E-state index contributed by atoms with van der Waals surface area (Å²) >= 11 is 0. The van der Waals surface area contributed by atoms with Crippen molar-refractivity contribution in [1.82, 2.24) is 0 Å². The van der Waals surface area contributed by atoms with Gasteiger partial charge < -0.3 is 10.0 Å². The standard InChI is InChI=1S/C19H18N2O4/c22-18(13-6-1-2-8-16(13)21(24)25)15-11-12-5-3-9-20-10-4-7-14(17(12)20)19(15)23/h1-2,6,8,11,23H,3-5,7,9-10H2. The third kappa shape index (κ3) is 2.45. The molecule has 2 aliphatic rings. The van der Waals surface area contributed by atoms with Crippen molar-refractivity contribution in [3.05, 3.63) is 62.7 Å². The van der Waals surface area contributed by atoms with Crippen LogP contribution in [0.1, 0.15) is 39.9 Å². The number of anilines is 1. The predicted molar refractivity (Wildman–Crippen MR) is 93.5 cm³/mol. The normalized spacial score (nSPS) is 15.6. The van der Waals surface area contributed by atoms with E-state index in [1.807, 2.05) is 0 Å². The highest BCUT2D eigenvalue weighted by molar-refractivity contribution is 6.13. The summed E-state index contributed by atoms with van der Waals surface area (Å²) in [6.45, 7) is 1.94. The predicted octanol–water partition coefficient (Wildman–Crippen LogP) is 3.23. The van der Waals surface area contributed by atoms with E-state index in [2.05, 4.69) is 4.90 Å². The van der Waals surface area contributed by atoms with E-state index in [-0.39, 0.29) is 22.6 Å². The molecule has 2 aliphatic heterocycles. The van der Waals surface area contributed by atoms with Crippen LogP contribution in [0.25, 0.3) is 0 Å². The first-order valence-electron chi connectivity index (χ1n) is 8.48. The number of phenols is 1. The summed E-state index contributed by atoms with van der Waals surface area (Å²) in [5, 5.41) is 22.0. The molecule has 128 valence electrons. The first-order valence-corrected chi connectivity index (χ1v) is 8.48. The molecule has 0 unspecified atom stereocenters. The number of hydrogen-bond acceptors (Lipinski definition) is 5. The van der Waals surface area contributed by atoms with Crippen molar-refractivity contribution in [3.8, 4) is 5.75 Å². The summed E-state index contributed by atoms with van der Waals surface area (Å²) in [5.41, 5.74) is 2.88. The van der Waals surface area contributed by atoms with Gasteiger partial charge in [0.2, 0.25) is 5.78 Å². The Kier molecular flexibility index (Phi) is 3.67. The van der Waals surface area contributed by atoms with Crippen LogP contribution in [-0.2, 0) is 12.8 Å². The molecular formula is C19H18N2O4. The Bertz CT molecular complexity index is 889. The van der Waals surface area contributed by atoms with E-state index >= 15 is 0 Å². The zero-order valence-corrected chi connectivity index (χ0v) is 13.7. The fourth-order valence-electron chi connectivity index (χ4n) is 3.99. The number of carbonyl (C=O) groups excluding carboxylic acids is 1. The monoisotopic (exact) mass is 338 g/mol. The molecule has 0 amide bonds. The number of para-hydroxylation sites is 1. The van der Waals surface area contributed by atoms with Crippen LogP contribution in [0.15, 0.2) is 30.3 Å². The Labute approximate surface area is 144 Å². The fourth-order valence-corrected chi connectivity index (χ4v) is 3.99. The number of carbonyl (C=O) groups is 1. The molecule has 0 aliphatic carbocycles. The molecule has 0 saturated heterocycles. The smallest absolute Gasteiger partial charge is 0.280 e. The molecule has 2 aromatic carbocycles. The molecule has 0 bridgehead atoms. The van der Waals surface area contributed by atoms with Gasteiger partial charge in [0.05, 0.1) is 10.5 Å². The molecule has 25 heavy (non-hydrogen) atoms. The molecule has 6 heteroatoms. The van der Waals surface area contributed by atoms with Crippen molar-refractivity contribution in [2.45, 2.75) is 25.7 Å². The van der Waals surface area contributed by atoms with Crippen molar-refractivity contribution in [3.63, 3.8) is 0 Å². The van der Waals surface area contributed by atoms with Crippen LogP contribution in [0, 0.1) is 10.1 Å². The maximum Gasteiger partial charge on any atom is 0.280 e. The summed E-state index contributed by atoms with van der Waals surface area (Å²) in [6, 6.07) is 7.61. The minimum Gasteiger partial charge on any atom is -0.507 e. The van der Waals surface area contributed by atoms with Crippen LogP contribution >= 0.6 is 0 Å². The molecule has 6 nitrogen and oxygen atoms in total. The molecule has 0 aromatic heterocycles. The molecular weight excluding hydrogens is 320 g/mol. The highest BCUT2D eigenvalue weighted by atomic mass is 16.6. The van der Waals surface area contributed by atoms with Crippen LogP contribution in [0.5, 0.6) is 5.75 Å². The van der Waals surface area contributed by atoms with E-state index in [1.165, 1.54) is 18.2 Å². The second-order valence-electron chi connectivity index (χ2n) is 6.56. The van der Waals surface area contributed by atoms with Crippen LogP contribution < -0.4 is 4.90 Å². The zero-order chi connectivity index (χ0) is 17.6. The number of phenolic OH excluding ortho intramolecular Hbond substituents is 1. The summed E-state index contributed by atoms with van der Waals surface area (Å²) < 4.78 is 0. The van der Waals surface area contributed by atoms with Crippen molar-refractivity contribution < 1.29 is 14.8 Å². The van der Waals surface area contributed by atoms with Gasteiger partial charge in [0, 0.05) is 30.4 Å². The van der Waals surface area contributed by atoms with Crippen molar-refractivity contribution in [2.75, 3.05) is 18.0 Å². The van der Waals surface area contributed by atoms with E-state index in [9.17, 15) is 20.0 Å². The van der Waals surface area contributed by atoms with Crippen molar-refractivity contribution in [1.29, 1.82) is 0 Å². The number of nitrogens with zero attached hydrogens (tertiary/aromatic N) is 2. The molecule has 0 fully saturated rings. The summed E-state index contributed by atoms with van der Waals surface area (Å²) in [6.07, 6.45) is 3.53. The van der Waals surface area contributed by atoms with E-state index in [4.69, 9.17) is 0 Å².